The van der Waals surface area contributed by atoms with E-state index < -0.39 is 5.97 Å². The summed E-state index contributed by atoms with van der Waals surface area (Å²) in [5.41, 5.74) is 1.53. The number of nitrogens with zero attached hydrogens (tertiary/aromatic N) is 1. The van der Waals surface area contributed by atoms with Gasteiger partial charge in [-0.05, 0) is 44.1 Å². The third-order valence-electron chi connectivity index (χ3n) is 3.52. The number of carboxylic acids is 1. The molecule has 0 aromatic heterocycles. The molecule has 1 fully saturated rings. The molecule has 1 unspecified atom stereocenters. The second-order valence-corrected chi connectivity index (χ2v) is 4.87. The van der Waals surface area contributed by atoms with E-state index >= 15 is 0 Å². The fraction of sp³-hybridized carbons (Fsp3) is 0.500. The van der Waals surface area contributed by atoms with E-state index in [0.29, 0.717) is 11.6 Å². The second kappa shape index (κ2) is 5.98. The fourth-order valence-corrected chi connectivity index (χ4v) is 2.45. The number of rotatable bonds is 4. The third kappa shape index (κ3) is 3.31. The van der Waals surface area contributed by atoms with Crippen molar-refractivity contribution in [3.8, 4) is 0 Å². The molecule has 98 valence electrons. The molecule has 0 saturated carbocycles. The van der Waals surface area contributed by atoms with Gasteiger partial charge in [-0.1, -0.05) is 12.1 Å². The number of aromatic carboxylic acids is 1. The molecule has 1 atom stereocenters. The number of benzene rings is 1. The number of hydrogen-bond acceptors (Lipinski definition) is 3. The standard InChI is InChI=1S/C14H20N2O2/c1-15-13-3-2-8-16(10-13)9-11-4-6-12(7-5-11)14(17)18/h4-7,13,15H,2-3,8-10H2,1H3,(H,17,18). The molecule has 0 bridgehead atoms. The summed E-state index contributed by atoms with van der Waals surface area (Å²) in [6.07, 6.45) is 2.46. The van der Waals surface area contributed by atoms with Crippen LogP contribution in [0.15, 0.2) is 24.3 Å². The summed E-state index contributed by atoms with van der Waals surface area (Å²) < 4.78 is 0. The largest absolute Gasteiger partial charge is 0.478 e. The predicted molar refractivity (Wildman–Crippen MR) is 70.8 cm³/mol. The van der Waals surface area contributed by atoms with Gasteiger partial charge in [-0.3, -0.25) is 4.90 Å². The monoisotopic (exact) mass is 248 g/mol. The Morgan fingerprint density at radius 1 is 1.44 bits per heavy atom. The van der Waals surface area contributed by atoms with E-state index in [0.717, 1.165) is 19.6 Å². The van der Waals surface area contributed by atoms with E-state index in [2.05, 4.69) is 10.2 Å². The summed E-state index contributed by atoms with van der Waals surface area (Å²) in [4.78, 5) is 13.2. The lowest BCUT2D eigenvalue weighted by Gasteiger charge is -2.32. The van der Waals surface area contributed by atoms with Crippen LogP contribution in [0.25, 0.3) is 0 Å². The Kier molecular flexibility index (Phi) is 4.33. The number of likely N-dealkylation sites (N-methyl/N-ethyl adjacent to an activating group) is 1. The third-order valence-corrected chi connectivity index (χ3v) is 3.52. The van der Waals surface area contributed by atoms with Crippen LogP contribution in [-0.2, 0) is 6.54 Å². The first-order valence-corrected chi connectivity index (χ1v) is 6.41. The molecular weight excluding hydrogens is 228 g/mol. The molecule has 2 rings (SSSR count). The highest BCUT2D eigenvalue weighted by Gasteiger charge is 2.18. The lowest BCUT2D eigenvalue weighted by Crippen LogP contribution is -2.43. The van der Waals surface area contributed by atoms with Crippen LogP contribution in [0, 0.1) is 0 Å². The molecule has 1 heterocycles. The van der Waals surface area contributed by atoms with Gasteiger partial charge in [0, 0.05) is 19.1 Å². The summed E-state index contributed by atoms with van der Waals surface area (Å²) in [5, 5.41) is 12.2. The molecule has 0 aliphatic carbocycles. The molecule has 2 N–H and O–H groups in total. The maximum atomic E-state index is 10.8. The Morgan fingerprint density at radius 2 is 2.17 bits per heavy atom. The van der Waals surface area contributed by atoms with Gasteiger partial charge < -0.3 is 10.4 Å². The number of piperidine rings is 1. The molecule has 1 aliphatic rings. The number of carbonyl (C=O) groups is 1. The molecule has 1 aromatic rings. The topological polar surface area (TPSA) is 52.6 Å². The molecule has 0 radical (unpaired) electrons. The normalized spacial score (nSPS) is 20.8. The van der Waals surface area contributed by atoms with Gasteiger partial charge in [0.15, 0.2) is 0 Å². The van der Waals surface area contributed by atoms with E-state index in [4.69, 9.17) is 5.11 Å². The van der Waals surface area contributed by atoms with Crippen LogP contribution in [0.2, 0.25) is 0 Å². The fourth-order valence-electron chi connectivity index (χ4n) is 2.45. The highest BCUT2D eigenvalue weighted by Crippen LogP contribution is 2.14. The lowest BCUT2D eigenvalue weighted by molar-refractivity contribution is 0.0697. The molecule has 0 spiro atoms. The molecule has 1 aliphatic heterocycles. The number of hydrogen-bond donors (Lipinski definition) is 2. The minimum atomic E-state index is -0.866. The highest BCUT2D eigenvalue weighted by atomic mass is 16.4. The lowest BCUT2D eigenvalue weighted by atomic mass is 10.0. The van der Waals surface area contributed by atoms with Crippen molar-refractivity contribution in [1.29, 1.82) is 0 Å². The van der Waals surface area contributed by atoms with Gasteiger partial charge in [-0.25, -0.2) is 4.79 Å². The maximum Gasteiger partial charge on any atom is 0.335 e. The Morgan fingerprint density at radius 3 is 2.78 bits per heavy atom. The van der Waals surface area contributed by atoms with E-state index in [-0.39, 0.29) is 0 Å². The van der Waals surface area contributed by atoms with Crippen LogP contribution in [0.4, 0.5) is 0 Å². The average Bonchev–Trinajstić information content (AvgIpc) is 2.39. The molecule has 1 aromatic carbocycles. The van der Waals surface area contributed by atoms with Gasteiger partial charge in [-0.15, -0.1) is 0 Å². The van der Waals surface area contributed by atoms with Gasteiger partial charge in [0.1, 0.15) is 0 Å². The highest BCUT2D eigenvalue weighted by molar-refractivity contribution is 5.87. The quantitative estimate of drug-likeness (QED) is 0.849. The summed E-state index contributed by atoms with van der Waals surface area (Å²) in [6, 6.07) is 7.75. The van der Waals surface area contributed by atoms with Crippen LogP contribution in [0.1, 0.15) is 28.8 Å². The van der Waals surface area contributed by atoms with E-state index in [1.807, 2.05) is 19.2 Å². The number of carboxylic acid groups (broad SMARTS) is 1. The number of likely N-dealkylation sites (tertiary alicyclic amines) is 1. The SMILES string of the molecule is CNC1CCCN(Cc2ccc(C(=O)O)cc2)C1. The first-order valence-electron chi connectivity index (χ1n) is 6.41. The Hall–Kier alpha value is -1.39. The van der Waals surface area contributed by atoms with Crippen molar-refractivity contribution in [1.82, 2.24) is 10.2 Å². The molecule has 4 heteroatoms. The predicted octanol–water partition coefficient (Wildman–Crippen LogP) is 1.57. The van der Waals surface area contributed by atoms with Crippen molar-refractivity contribution in [2.75, 3.05) is 20.1 Å². The van der Waals surface area contributed by atoms with E-state index in [9.17, 15) is 4.79 Å². The van der Waals surface area contributed by atoms with Gasteiger partial charge >= 0.3 is 5.97 Å². The molecule has 1 saturated heterocycles. The maximum absolute atomic E-state index is 10.8. The first-order chi connectivity index (χ1) is 8.69. The van der Waals surface area contributed by atoms with E-state index in [1.165, 1.54) is 18.4 Å². The van der Waals surface area contributed by atoms with Crippen molar-refractivity contribution in [3.05, 3.63) is 35.4 Å². The minimum absolute atomic E-state index is 0.352. The van der Waals surface area contributed by atoms with Crippen molar-refractivity contribution >= 4 is 5.97 Å². The van der Waals surface area contributed by atoms with Crippen molar-refractivity contribution in [2.45, 2.75) is 25.4 Å². The molecule has 0 amide bonds. The van der Waals surface area contributed by atoms with Crippen LogP contribution in [0.5, 0.6) is 0 Å². The molecule has 18 heavy (non-hydrogen) atoms. The van der Waals surface area contributed by atoms with Gasteiger partial charge in [0.05, 0.1) is 5.56 Å². The summed E-state index contributed by atoms with van der Waals surface area (Å²) >= 11 is 0. The summed E-state index contributed by atoms with van der Waals surface area (Å²) in [7, 11) is 2.01. The summed E-state index contributed by atoms with van der Waals surface area (Å²) in [6.45, 7) is 3.09. The average molecular weight is 248 g/mol. The zero-order chi connectivity index (χ0) is 13.0. The van der Waals surface area contributed by atoms with Crippen molar-refractivity contribution in [2.24, 2.45) is 0 Å². The van der Waals surface area contributed by atoms with Gasteiger partial charge in [-0.2, -0.15) is 0 Å². The molecule has 4 nitrogen and oxygen atoms in total. The van der Waals surface area contributed by atoms with Crippen LogP contribution in [0.3, 0.4) is 0 Å². The molecular formula is C14H20N2O2. The van der Waals surface area contributed by atoms with Crippen LogP contribution in [-0.4, -0.2) is 42.2 Å². The van der Waals surface area contributed by atoms with Crippen molar-refractivity contribution in [3.63, 3.8) is 0 Å². The second-order valence-electron chi connectivity index (χ2n) is 4.87. The smallest absolute Gasteiger partial charge is 0.335 e. The zero-order valence-corrected chi connectivity index (χ0v) is 10.7. The number of nitrogens with one attached hydrogen (secondary N) is 1. The van der Waals surface area contributed by atoms with Gasteiger partial charge in [0.2, 0.25) is 0 Å². The van der Waals surface area contributed by atoms with Crippen LogP contribution < -0.4 is 5.32 Å². The first kappa shape index (κ1) is 13.1. The Labute approximate surface area is 108 Å². The summed E-state index contributed by atoms with van der Waals surface area (Å²) in [5.74, 6) is -0.866. The Balaban J connectivity index is 1.94. The van der Waals surface area contributed by atoms with Crippen LogP contribution >= 0.6 is 0 Å². The van der Waals surface area contributed by atoms with E-state index in [1.54, 1.807) is 12.1 Å². The van der Waals surface area contributed by atoms with Crippen molar-refractivity contribution < 1.29 is 9.90 Å². The zero-order valence-electron chi connectivity index (χ0n) is 10.7. The Bertz CT molecular complexity index is 403. The van der Waals surface area contributed by atoms with Gasteiger partial charge in [0.25, 0.3) is 0 Å². The minimum Gasteiger partial charge on any atom is -0.478 e.